The first-order valence-electron chi connectivity index (χ1n) is 8.09. The highest BCUT2D eigenvalue weighted by Gasteiger charge is 2.16. The van der Waals surface area contributed by atoms with Crippen molar-refractivity contribution in [2.75, 3.05) is 26.9 Å². The quantitative estimate of drug-likeness (QED) is 0.759. The molecule has 24 heavy (non-hydrogen) atoms. The van der Waals surface area contributed by atoms with E-state index in [2.05, 4.69) is 106 Å². The lowest BCUT2D eigenvalue weighted by Crippen LogP contribution is -2.27. The van der Waals surface area contributed by atoms with Crippen LogP contribution in [0.25, 0.3) is 5.57 Å². The van der Waals surface area contributed by atoms with E-state index in [1.165, 1.54) is 28.0 Å². The van der Waals surface area contributed by atoms with Gasteiger partial charge in [0.15, 0.2) is 0 Å². The number of allylic oxidation sites excluding steroid dienone is 4. The Morgan fingerprint density at radius 2 is 1.67 bits per heavy atom. The van der Waals surface area contributed by atoms with Gasteiger partial charge < -0.3 is 9.80 Å². The maximum Gasteiger partial charge on any atom is 0.0401 e. The minimum absolute atomic E-state index is 0.871. The predicted molar refractivity (Wildman–Crippen MR) is 111 cm³/mol. The van der Waals surface area contributed by atoms with Crippen LogP contribution in [0, 0.1) is 6.92 Å². The molecule has 0 bridgehead atoms. The molecule has 0 radical (unpaired) electrons. The van der Waals surface area contributed by atoms with Gasteiger partial charge in [-0.3, -0.25) is 0 Å². The molecule has 1 aromatic carbocycles. The van der Waals surface area contributed by atoms with E-state index in [9.17, 15) is 0 Å². The van der Waals surface area contributed by atoms with Crippen LogP contribution in [0.4, 0.5) is 0 Å². The zero-order valence-corrected chi connectivity index (χ0v) is 16.7. The van der Waals surface area contributed by atoms with E-state index in [0.29, 0.717) is 0 Å². The summed E-state index contributed by atoms with van der Waals surface area (Å²) in [7, 11) is 4.20. The van der Waals surface area contributed by atoms with Crippen molar-refractivity contribution in [2.24, 2.45) is 0 Å². The molecule has 1 heterocycles. The number of hydrogen-bond donors (Lipinski definition) is 1. The monoisotopic (exact) mass is 342 g/mol. The Hall–Kier alpha value is -1.71. The fraction of sp³-hybridized carbons (Fsp3) is 0.333. The summed E-state index contributed by atoms with van der Waals surface area (Å²) in [5.74, 6) is 0. The lowest BCUT2D eigenvalue weighted by molar-refractivity contribution is 0.401. The molecule has 1 aromatic rings. The van der Waals surface area contributed by atoms with Crippen LogP contribution in [0.5, 0.6) is 0 Å². The molecular formula is C21H30N2S. The minimum atomic E-state index is 0.871. The third kappa shape index (κ3) is 5.43. The average molecular weight is 343 g/mol. The molecule has 1 aliphatic heterocycles. The van der Waals surface area contributed by atoms with Crippen molar-refractivity contribution in [3.05, 3.63) is 77.3 Å². The van der Waals surface area contributed by atoms with Gasteiger partial charge in [0.1, 0.15) is 0 Å². The van der Waals surface area contributed by atoms with Gasteiger partial charge in [0, 0.05) is 24.1 Å². The van der Waals surface area contributed by atoms with E-state index in [-0.39, 0.29) is 0 Å². The van der Waals surface area contributed by atoms with E-state index in [4.69, 9.17) is 0 Å². The molecule has 0 saturated carbocycles. The topological polar surface area (TPSA) is 6.48 Å². The second-order valence-electron chi connectivity index (χ2n) is 6.24. The number of hydrogen-bond acceptors (Lipinski definition) is 3. The number of nitrogens with zero attached hydrogens (tertiary/aromatic N) is 2. The van der Waals surface area contributed by atoms with Crippen molar-refractivity contribution in [2.45, 2.75) is 20.8 Å². The number of thiol groups is 1. The summed E-state index contributed by atoms with van der Waals surface area (Å²) >= 11 is 3.53. The molecule has 3 heteroatoms. The van der Waals surface area contributed by atoms with E-state index in [1.54, 1.807) is 6.26 Å². The summed E-state index contributed by atoms with van der Waals surface area (Å²) in [6, 6.07) is 8.72. The normalized spacial score (nSPS) is 14.9. The van der Waals surface area contributed by atoms with Gasteiger partial charge in [0.2, 0.25) is 0 Å². The average Bonchev–Trinajstić information content (AvgIpc) is 2.57. The van der Waals surface area contributed by atoms with Gasteiger partial charge in [-0.2, -0.15) is 12.6 Å². The van der Waals surface area contributed by atoms with Crippen LogP contribution in [0.2, 0.25) is 0 Å². The van der Waals surface area contributed by atoms with Crippen LogP contribution in [-0.2, 0) is 0 Å². The molecule has 0 aromatic heterocycles. The smallest absolute Gasteiger partial charge is 0.0401 e. The summed E-state index contributed by atoms with van der Waals surface area (Å²) in [4.78, 5) is 4.41. The number of likely N-dealkylation sites (N-methyl/N-ethyl adjacent to an activating group) is 1. The molecule has 2 rings (SSSR count). The molecule has 0 unspecified atom stereocenters. The first-order valence-corrected chi connectivity index (χ1v) is 8.99. The summed E-state index contributed by atoms with van der Waals surface area (Å²) in [6.45, 7) is 11.5. The molecule has 1 aliphatic rings. The van der Waals surface area contributed by atoms with E-state index in [1.807, 2.05) is 0 Å². The number of rotatable bonds is 4. The third-order valence-electron chi connectivity index (χ3n) is 3.86. The van der Waals surface area contributed by atoms with Crippen molar-refractivity contribution < 1.29 is 0 Å². The summed E-state index contributed by atoms with van der Waals surface area (Å²) in [5.41, 5.74) is 7.34. The van der Waals surface area contributed by atoms with Crippen LogP contribution >= 0.6 is 12.6 Å². The Morgan fingerprint density at radius 1 is 1.08 bits per heavy atom. The summed E-state index contributed by atoms with van der Waals surface area (Å²) < 4.78 is 0. The predicted octanol–water partition coefficient (Wildman–Crippen LogP) is 5.12. The van der Waals surface area contributed by atoms with Crippen molar-refractivity contribution in [1.82, 2.24) is 9.80 Å². The molecule has 130 valence electrons. The Bertz CT molecular complexity index is 649. The SMILES string of the molecule is C=C1C=CC(C)=CN1/C(CN(C)C)=C(\C)c1ccc(C)cc1.CS. The standard InChI is InChI=1S/C20H26N2.CH4S/c1-15-8-11-19(12-9-15)18(4)20(14-21(5)6)22-13-16(2)7-10-17(22)3;1-2/h7-13H,3,14H2,1-2,4-6H3;2H,1H3/b20-18+;. The lowest BCUT2D eigenvalue weighted by Gasteiger charge is -2.31. The summed E-state index contributed by atoms with van der Waals surface area (Å²) in [6.07, 6.45) is 8.04. The van der Waals surface area contributed by atoms with Crippen molar-refractivity contribution in [3.8, 4) is 0 Å². The Labute approximate surface area is 153 Å². The van der Waals surface area contributed by atoms with Gasteiger partial charge in [0.05, 0.1) is 0 Å². The Morgan fingerprint density at radius 3 is 2.21 bits per heavy atom. The first kappa shape index (κ1) is 20.3. The zero-order chi connectivity index (χ0) is 18.3. The molecular weight excluding hydrogens is 312 g/mol. The molecule has 0 spiro atoms. The molecule has 0 fully saturated rings. The van der Waals surface area contributed by atoms with E-state index < -0.39 is 0 Å². The maximum absolute atomic E-state index is 4.19. The molecule has 0 aliphatic carbocycles. The summed E-state index contributed by atoms with van der Waals surface area (Å²) in [5, 5.41) is 0. The van der Waals surface area contributed by atoms with E-state index >= 15 is 0 Å². The van der Waals surface area contributed by atoms with Gasteiger partial charge in [-0.15, -0.1) is 0 Å². The van der Waals surface area contributed by atoms with Crippen LogP contribution in [0.15, 0.2) is 66.2 Å². The Kier molecular flexibility index (Phi) is 8.09. The third-order valence-corrected chi connectivity index (χ3v) is 3.86. The molecule has 0 atom stereocenters. The zero-order valence-electron chi connectivity index (χ0n) is 15.8. The maximum atomic E-state index is 4.19. The molecule has 0 saturated heterocycles. The van der Waals surface area contributed by atoms with Gasteiger partial charge >= 0.3 is 0 Å². The van der Waals surface area contributed by atoms with E-state index in [0.717, 1.165) is 12.2 Å². The van der Waals surface area contributed by atoms with Crippen molar-refractivity contribution in [1.29, 1.82) is 0 Å². The van der Waals surface area contributed by atoms with Gasteiger partial charge in [-0.05, 0) is 63.9 Å². The molecule has 0 amide bonds. The highest BCUT2D eigenvalue weighted by molar-refractivity contribution is 7.79. The molecule has 0 N–H and O–H groups in total. The second kappa shape index (κ2) is 9.55. The number of benzene rings is 1. The second-order valence-corrected chi connectivity index (χ2v) is 6.24. The van der Waals surface area contributed by atoms with Crippen LogP contribution < -0.4 is 0 Å². The highest BCUT2D eigenvalue weighted by Crippen LogP contribution is 2.28. The van der Waals surface area contributed by atoms with Crippen LogP contribution in [0.1, 0.15) is 25.0 Å². The largest absolute Gasteiger partial charge is 0.320 e. The molecule has 2 nitrogen and oxygen atoms in total. The van der Waals surface area contributed by atoms with Crippen LogP contribution in [-0.4, -0.2) is 36.7 Å². The van der Waals surface area contributed by atoms with Gasteiger partial charge in [-0.1, -0.05) is 42.5 Å². The van der Waals surface area contributed by atoms with Gasteiger partial charge in [0.25, 0.3) is 0 Å². The Balaban J connectivity index is 0.00000139. The van der Waals surface area contributed by atoms with Crippen molar-refractivity contribution >= 4 is 18.2 Å². The fourth-order valence-corrected chi connectivity index (χ4v) is 2.53. The van der Waals surface area contributed by atoms with Gasteiger partial charge in [-0.25, -0.2) is 0 Å². The highest BCUT2D eigenvalue weighted by atomic mass is 32.1. The number of aryl methyl sites for hydroxylation is 1. The van der Waals surface area contributed by atoms with Crippen LogP contribution in [0.3, 0.4) is 0 Å². The lowest BCUT2D eigenvalue weighted by atomic mass is 10.0. The first-order chi connectivity index (χ1) is 11.4. The minimum Gasteiger partial charge on any atom is -0.320 e. The fourth-order valence-electron chi connectivity index (χ4n) is 2.53. The van der Waals surface area contributed by atoms with Crippen molar-refractivity contribution in [3.63, 3.8) is 0 Å².